The molecule has 0 bridgehead atoms. The number of carbonyl (C=O) groups is 4. The van der Waals surface area contributed by atoms with Crippen molar-refractivity contribution >= 4 is 23.8 Å². The molecule has 0 saturated carbocycles. The fourth-order valence-electron chi connectivity index (χ4n) is 0.859. The van der Waals surface area contributed by atoms with Crippen LogP contribution in [0.5, 0.6) is 0 Å². The van der Waals surface area contributed by atoms with E-state index in [1.165, 1.54) is 7.05 Å². The van der Waals surface area contributed by atoms with Crippen LogP contribution in [0.4, 0.5) is 4.79 Å². The minimum atomic E-state index is -1.42. The largest absolute Gasteiger partial charge is 0.480 e. The lowest BCUT2D eigenvalue weighted by Crippen LogP contribution is -2.49. The van der Waals surface area contributed by atoms with Gasteiger partial charge in [0.25, 0.3) is 0 Å². The Balaban J connectivity index is 4.17. The molecule has 0 unspecified atom stereocenters. The molecule has 1 atom stereocenters. The Hall–Kier alpha value is -2.32. The van der Waals surface area contributed by atoms with E-state index in [2.05, 4.69) is 10.6 Å². The van der Waals surface area contributed by atoms with Crippen molar-refractivity contribution in [3.05, 3.63) is 0 Å². The number of urea groups is 1. The van der Waals surface area contributed by atoms with Gasteiger partial charge in [0, 0.05) is 7.05 Å². The number of hydrogen-bond acceptors (Lipinski definition) is 4. The Labute approximate surface area is 96.7 Å². The third-order valence-corrected chi connectivity index (χ3v) is 1.70. The van der Waals surface area contributed by atoms with E-state index in [1.807, 2.05) is 5.32 Å². The minimum absolute atomic E-state index is 0.300. The highest BCUT2D eigenvalue weighted by molar-refractivity contribution is 5.89. The average molecular weight is 246 g/mol. The minimum Gasteiger partial charge on any atom is -0.480 e. The molecule has 9 nitrogen and oxygen atoms in total. The summed E-state index contributed by atoms with van der Waals surface area (Å²) in [6, 6.07) is -2.29. The monoisotopic (exact) mass is 246 g/mol. The van der Waals surface area contributed by atoms with Crippen molar-refractivity contribution in [1.29, 1.82) is 0 Å². The summed E-state index contributed by atoms with van der Waals surface area (Å²) in [5.74, 6) is -2.69. The van der Waals surface area contributed by atoms with Crippen molar-refractivity contribution in [3.8, 4) is 0 Å². The van der Waals surface area contributed by atoms with E-state index < -0.39 is 36.3 Å². The van der Waals surface area contributed by atoms with Crippen LogP contribution in [0.2, 0.25) is 0 Å². The smallest absolute Gasteiger partial charge is 0.326 e. The fraction of sp³-hybridized carbons (Fsp3) is 0.500. The second-order valence-corrected chi connectivity index (χ2v) is 3.06. The van der Waals surface area contributed by atoms with Crippen LogP contribution in [0.1, 0.15) is 6.42 Å². The van der Waals surface area contributed by atoms with E-state index in [0.29, 0.717) is 0 Å². The van der Waals surface area contributed by atoms with Gasteiger partial charge in [0.2, 0.25) is 11.8 Å². The zero-order chi connectivity index (χ0) is 13.4. The maximum Gasteiger partial charge on any atom is 0.326 e. The second kappa shape index (κ2) is 7.04. The Bertz CT molecular complexity index is 330. The summed E-state index contributed by atoms with van der Waals surface area (Å²) in [7, 11) is 1.38. The SMILES string of the molecule is CNC(=O)CNC(=O)N[C@@H](CC(N)=O)C(=O)O. The number of nitrogens with two attached hydrogens (primary N) is 1. The molecular formula is C8H14N4O5. The molecule has 0 aliphatic heterocycles. The molecule has 9 heteroatoms. The van der Waals surface area contributed by atoms with Crippen molar-refractivity contribution in [3.63, 3.8) is 0 Å². The molecule has 4 amide bonds. The van der Waals surface area contributed by atoms with Crippen LogP contribution < -0.4 is 21.7 Å². The number of hydrogen-bond donors (Lipinski definition) is 5. The first-order chi connectivity index (χ1) is 7.86. The van der Waals surface area contributed by atoms with Crippen molar-refractivity contribution in [2.45, 2.75) is 12.5 Å². The van der Waals surface area contributed by atoms with E-state index >= 15 is 0 Å². The predicted molar refractivity (Wildman–Crippen MR) is 55.8 cm³/mol. The molecule has 0 saturated heterocycles. The summed E-state index contributed by atoms with van der Waals surface area (Å²) >= 11 is 0. The van der Waals surface area contributed by atoms with Gasteiger partial charge in [-0.05, 0) is 0 Å². The van der Waals surface area contributed by atoms with E-state index in [0.717, 1.165) is 0 Å². The summed E-state index contributed by atoms with van der Waals surface area (Å²) in [6.45, 7) is -0.300. The van der Waals surface area contributed by atoms with Gasteiger partial charge in [-0.3, -0.25) is 9.59 Å². The van der Waals surface area contributed by atoms with E-state index in [4.69, 9.17) is 10.8 Å². The number of carbonyl (C=O) groups excluding carboxylic acids is 3. The number of primary amides is 1. The van der Waals surface area contributed by atoms with Crippen LogP contribution in [-0.2, 0) is 14.4 Å². The number of nitrogens with one attached hydrogen (secondary N) is 3. The Kier molecular flexibility index (Phi) is 6.08. The molecule has 0 fully saturated rings. The topological polar surface area (TPSA) is 151 Å². The quantitative estimate of drug-likeness (QED) is 0.347. The van der Waals surface area contributed by atoms with Gasteiger partial charge in [-0.25, -0.2) is 9.59 Å². The molecule has 17 heavy (non-hydrogen) atoms. The van der Waals surface area contributed by atoms with Gasteiger partial charge in [0.15, 0.2) is 0 Å². The molecule has 6 N–H and O–H groups in total. The van der Waals surface area contributed by atoms with Crippen molar-refractivity contribution < 1.29 is 24.3 Å². The van der Waals surface area contributed by atoms with E-state index in [-0.39, 0.29) is 6.54 Å². The molecule has 0 spiro atoms. The number of amides is 4. The molecule has 0 aliphatic rings. The molecule has 0 aromatic rings. The standard InChI is InChI=1S/C8H14N4O5/c1-10-6(14)3-11-8(17)12-4(7(15)16)2-5(9)13/h4H,2-3H2,1H3,(H2,9,13)(H,10,14)(H,15,16)(H2,11,12,17)/t4-/m0/s1. The van der Waals surface area contributed by atoms with Crippen LogP contribution in [0.25, 0.3) is 0 Å². The third kappa shape index (κ3) is 6.71. The average Bonchev–Trinajstić information content (AvgIpc) is 2.24. The third-order valence-electron chi connectivity index (χ3n) is 1.70. The Morgan fingerprint density at radius 2 is 1.88 bits per heavy atom. The lowest BCUT2D eigenvalue weighted by Gasteiger charge is -2.13. The summed E-state index contributed by atoms with van der Waals surface area (Å²) < 4.78 is 0. The zero-order valence-electron chi connectivity index (χ0n) is 9.15. The fourth-order valence-corrected chi connectivity index (χ4v) is 0.859. The zero-order valence-corrected chi connectivity index (χ0v) is 9.15. The van der Waals surface area contributed by atoms with Crippen LogP contribution in [0.15, 0.2) is 0 Å². The molecule has 0 radical (unpaired) electrons. The molecule has 0 aliphatic carbocycles. The van der Waals surface area contributed by atoms with Crippen molar-refractivity contribution in [2.24, 2.45) is 5.73 Å². The highest BCUT2D eigenvalue weighted by Gasteiger charge is 2.21. The maximum atomic E-state index is 11.1. The normalized spacial score (nSPS) is 11.1. The van der Waals surface area contributed by atoms with Crippen molar-refractivity contribution in [1.82, 2.24) is 16.0 Å². The van der Waals surface area contributed by atoms with Gasteiger partial charge in [-0.15, -0.1) is 0 Å². The van der Waals surface area contributed by atoms with Gasteiger partial charge in [-0.1, -0.05) is 0 Å². The molecule has 0 aromatic carbocycles. The number of aliphatic carboxylic acids is 1. The molecule has 0 rings (SSSR count). The summed E-state index contributed by atoms with van der Waals surface area (Å²) in [6.07, 6.45) is -0.525. The highest BCUT2D eigenvalue weighted by Crippen LogP contribution is 1.91. The summed E-state index contributed by atoms with van der Waals surface area (Å²) in [5, 5.41) is 15.0. The van der Waals surface area contributed by atoms with Crippen LogP contribution in [0.3, 0.4) is 0 Å². The predicted octanol–water partition coefficient (Wildman–Crippen LogP) is -2.64. The van der Waals surface area contributed by atoms with Crippen LogP contribution in [0, 0.1) is 0 Å². The summed E-state index contributed by atoms with van der Waals surface area (Å²) in [5.41, 5.74) is 4.81. The lowest BCUT2D eigenvalue weighted by molar-refractivity contribution is -0.140. The number of likely N-dealkylation sites (N-methyl/N-ethyl adjacent to an activating group) is 1. The maximum absolute atomic E-state index is 11.1. The van der Waals surface area contributed by atoms with Crippen LogP contribution in [-0.4, -0.2) is 48.6 Å². The number of carboxylic acid groups (broad SMARTS) is 1. The second-order valence-electron chi connectivity index (χ2n) is 3.06. The summed E-state index contributed by atoms with van der Waals surface area (Å²) in [4.78, 5) is 43.1. The van der Waals surface area contributed by atoms with Gasteiger partial charge >= 0.3 is 12.0 Å². The molecule has 0 aromatic heterocycles. The van der Waals surface area contributed by atoms with E-state index in [1.54, 1.807) is 0 Å². The number of rotatable bonds is 6. The highest BCUT2D eigenvalue weighted by atomic mass is 16.4. The van der Waals surface area contributed by atoms with Gasteiger partial charge in [-0.2, -0.15) is 0 Å². The molecular weight excluding hydrogens is 232 g/mol. The molecule has 96 valence electrons. The molecule has 0 heterocycles. The Morgan fingerprint density at radius 3 is 2.29 bits per heavy atom. The van der Waals surface area contributed by atoms with E-state index in [9.17, 15) is 19.2 Å². The lowest BCUT2D eigenvalue weighted by atomic mass is 10.2. The Morgan fingerprint density at radius 1 is 1.29 bits per heavy atom. The van der Waals surface area contributed by atoms with Crippen LogP contribution >= 0.6 is 0 Å². The first-order valence-corrected chi connectivity index (χ1v) is 4.63. The first kappa shape index (κ1) is 14.7. The first-order valence-electron chi connectivity index (χ1n) is 4.63. The van der Waals surface area contributed by atoms with Crippen molar-refractivity contribution in [2.75, 3.05) is 13.6 Å². The number of carboxylic acids is 1. The van der Waals surface area contributed by atoms with Gasteiger partial charge < -0.3 is 26.8 Å². The van der Waals surface area contributed by atoms with Gasteiger partial charge in [0.1, 0.15) is 6.04 Å². The van der Waals surface area contributed by atoms with Gasteiger partial charge in [0.05, 0.1) is 13.0 Å².